The summed E-state index contributed by atoms with van der Waals surface area (Å²) in [6.07, 6.45) is 1.97. The van der Waals surface area contributed by atoms with Crippen LogP contribution in [0.25, 0.3) is 0 Å². The van der Waals surface area contributed by atoms with Crippen molar-refractivity contribution >= 4 is 5.97 Å². The Kier molecular flexibility index (Phi) is 1.32. The van der Waals surface area contributed by atoms with Gasteiger partial charge < -0.3 is 10.4 Å². The van der Waals surface area contributed by atoms with Crippen LogP contribution in [-0.4, -0.2) is 33.0 Å². The molecule has 6 heteroatoms. The highest BCUT2D eigenvalue weighted by molar-refractivity contribution is 5.86. The number of H-pyrrole nitrogens is 1. The minimum atomic E-state index is -1.01. The molecule has 1 saturated carbocycles. The smallest absolute Gasteiger partial charge is 0.358 e. The average Bonchev–Trinajstić information content (AvgIpc) is 2.76. The van der Waals surface area contributed by atoms with E-state index in [9.17, 15) is 4.79 Å². The summed E-state index contributed by atoms with van der Waals surface area (Å²) in [5.74, 6) is -0.325. The molecule has 0 aromatic carbocycles. The van der Waals surface area contributed by atoms with Crippen LogP contribution in [0.2, 0.25) is 0 Å². The van der Waals surface area contributed by atoms with Gasteiger partial charge in [0.2, 0.25) is 0 Å². The summed E-state index contributed by atoms with van der Waals surface area (Å²) in [4.78, 5) is 10.8. The molecule has 0 spiro atoms. The minimum absolute atomic E-state index is 0.0536. The van der Waals surface area contributed by atoms with Gasteiger partial charge in [0.05, 0.1) is 5.54 Å². The number of carbonyl (C=O) groups is 1. The SMILES string of the molecule is O=C(O)c1n[nH]nc1C12CC(CN1)C2. The lowest BCUT2D eigenvalue weighted by atomic mass is 9.71. The average molecular weight is 194 g/mol. The number of aromatic carboxylic acids is 1. The van der Waals surface area contributed by atoms with Crippen molar-refractivity contribution in [2.24, 2.45) is 5.92 Å². The molecular formula is C8H10N4O2. The van der Waals surface area contributed by atoms with E-state index in [1.165, 1.54) is 0 Å². The van der Waals surface area contributed by atoms with Gasteiger partial charge in [-0.25, -0.2) is 4.79 Å². The van der Waals surface area contributed by atoms with Crippen molar-refractivity contribution in [3.8, 4) is 0 Å². The zero-order valence-electron chi connectivity index (χ0n) is 7.45. The van der Waals surface area contributed by atoms with E-state index in [-0.39, 0.29) is 11.2 Å². The highest BCUT2D eigenvalue weighted by Crippen LogP contribution is 2.50. The van der Waals surface area contributed by atoms with Crippen molar-refractivity contribution in [2.45, 2.75) is 18.4 Å². The fraction of sp³-hybridized carbons (Fsp3) is 0.625. The van der Waals surface area contributed by atoms with Crippen molar-refractivity contribution in [1.82, 2.24) is 20.7 Å². The van der Waals surface area contributed by atoms with Crippen molar-refractivity contribution in [3.63, 3.8) is 0 Å². The molecule has 1 aromatic rings. The Balaban J connectivity index is 2.04. The second kappa shape index (κ2) is 2.33. The monoisotopic (exact) mass is 194 g/mol. The first-order valence-electron chi connectivity index (χ1n) is 4.61. The van der Waals surface area contributed by atoms with Gasteiger partial charge in [-0.2, -0.15) is 10.3 Å². The zero-order valence-corrected chi connectivity index (χ0v) is 7.45. The van der Waals surface area contributed by atoms with E-state index in [1.54, 1.807) is 0 Å². The van der Waals surface area contributed by atoms with Crippen molar-refractivity contribution in [3.05, 3.63) is 11.4 Å². The van der Waals surface area contributed by atoms with Crippen LogP contribution in [0.1, 0.15) is 29.0 Å². The lowest BCUT2D eigenvalue weighted by molar-refractivity contribution is 0.0683. The van der Waals surface area contributed by atoms with Crippen molar-refractivity contribution < 1.29 is 9.90 Å². The van der Waals surface area contributed by atoms with E-state index in [4.69, 9.17) is 5.11 Å². The highest BCUT2D eigenvalue weighted by Gasteiger charge is 2.54. The maximum Gasteiger partial charge on any atom is 0.358 e. The Labute approximate surface area is 79.7 Å². The molecule has 3 N–H and O–H groups in total. The topological polar surface area (TPSA) is 90.9 Å². The number of rotatable bonds is 2. The molecule has 3 aliphatic rings. The van der Waals surface area contributed by atoms with E-state index < -0.39 is 5.97 Å². The maximum atomic E-state index is 10.8. The number of aromatic nitrogens is 3. The first-order chi connectivity index (χ1) is 6.71. The summed E-state index contributed by atoms with van der Waals surface area (Å²) in [6.45, 7) is 0.964. The summed E-state index contributed by atoms with van der Waals surface area (Å²) in [7, 11) is 0. The van der Waals surface area contributed by atoms with Crippen molar-refractivity contribution in [1.29, 1.82) is 0 Å². The molecule has 74 valence electrons. The predicted octanol–water partition coefficient (Wildman–Crippen LogP) is -0.289. The van der Waals surface area contributed by atoms with Gasteiger partial charge in [0, 0.05) is 0 Å². The van der Waals surface area contributed by atoms with Crippen LogP contribution in [-0.2, 0) is 5.54 Å². The molecule has 0 amide bonds. The van der Waals surface area contributed by atoms with E-state index in [2.05, 4.69) is 20.7 Å². The fourth-order valence-corrected chi connectivity index (χ4v) is 2.54. The summed E-state index contributed by atoms with van der Waals surface area (Å²) in [5, 5.41) is 22.2. The number of carboxylic acids is 1. The van der Waals surface area contributed by atoms with E-state index in [0.717, 1.165) is 19.4 Å². The zero-order chi connectivity index (χ0) is 9.76. The quantitative estimate of drug-likeness (QED) is 0.602. The molecule has 14 heavy (non-hydrogen) atoms. The van der Waals surface area contributed by atoms with Crippen LogP contribution in [0, 0.1) is 5.92 Å². The van der Waals surface area contributed by atoms with Crippen LogP contribution in [0.5, 0.6) is 0 Å². The second-order valence-corrected chi connectivity index (χ2v) is 4.06. The third-order valence-electron chi connectivity index (χ3n) is 3.21. The standard InChI is InChI=1S/C8H10N4O2/c13-7(14)5-6(11-12-10-5)8-1-4(2-8)3-9-8/h4,9H,1-3H2,(H,13,14)(H,10,11,12). The number of fused-ring (bicyclic) bond motifs is 1. The lowest BCUT2D eigenvalue weighted by Crippen LogP contribution is -2.41. The van der Waals surface area contributed by atoms with E-state index in [1.807, 2.05) is 0 Å². The summed E-state index contributed by atoms with van der Waals surface area (Å²) in [6, 6.07) is 0. The van der Waals surface area contributed by atoms with Crippen LogP contribution in [0.4, 0.5) is 0 Å². The molecule has 0 radical (unpaired) electrons. The molecule has 6 nitrogen and oxygen atoms in total. The van der Waals surface area contributed by atoms with Gasteiger partial charge in [-0.15, -0.1) is 5.10 Å². The number of hydrogen-bond donors (Lipinski definition) is 3. The number of nitrogens with zero attached hydrogens (tertiary/aromatic N) is 2. The highest BCUT2D eigenvalue weighted by atomic mass is 16.4. The lowest BCUT2D eigenvalue weighted by Gasteiger charge is -2.35. The van der Waals surface area contributed by atoms with Crippen LogP contribution in [0.15, 0.2) is 0 Å². The molecule has 4 rings (SSSR count). The van der Waals surface area contributed by atoms with Gasteiger partial charge in [0.15, 0.2) is 5.69 Å². The molecule has 2 saturated heterocycles. The first kappa shape index (κ1) is 7.93. The van der Waals surface area contributed by atoms with E-state index >= 15 is 0 Å². The van der Waals surface area contributed by atoms with Gasteiger partial charge in [-0.1, -0.05) is 0 Å². The Bertz CT molecular complexity index is 388. The summed E-state index contributed by atoms with van der Waals surface area (Å²) >= 11 is 0. The van der Waals surface area contributed by atoms with Crippen molar-refractivity contribution in [2.75, 3.05) is 6.54 Å². The summed E-state index contributed by atoms with van der Waals surface area (Å²) < 4.78 is 0. The molecule has 0 unspecified atom stereocenters. The molecule has 0 atom stereocenters. The molecule has 2 bridgehead atoms. The summed E-state index contributed by atoms with van der Waals surface area (Å²) in [5.41, 5.74) is 0.419. The number of carboxylic acid groups (broad SMARTS) is 1. The van der Waals surface area contributed by atoms with Gasteiger partial charge in [0.1, 0.15) is 5.69 Å². The minimum Gasteiger partial charge on any atom is -0.476 e. The first-order valence-corrected chi connectivity index (χ1v) is 4.61. The Morgan fingerprint density at radius 2 is 2.29 bits per heavy atom. The van der Waals surface area contributed by atoms with Gasteiger partial charge in [0.25, 0.3) is 0 Å². The maximum absolute atomic E-state index is 10.8. The van der Waals surface area contributed by atoms with Gasteiger partial charge >= 0.3 is 5.97 Å². The number of hydrogen-bond acceptors (Lipinski definition) is 4. The largest absolute Gasteiger partial charge is 0.476 e. The van der Waals surface area contributed by atoms with Crippen LogP contribution < -0.4 is 5.32 Å². The normalized spacial score (nSPS) is 34.1. The second-order valence-electron chi connectivity index (χ2n) is 4.06. The molecule has 3 fully saturated rings. The number of nitrogens with one attached hydrogen (secondary N) is 2. The Morgan fingerprint density at radius 1 is 1.50 bits per heavy atom. The third-order valence-corrected chi connectivity index (χ3v) is 3.21. The van der Waals surface area contributed by atoms with Crippen LogP contribution >= 0.6 is 0 Å². The number of aromatic amines is 1. The Morgan fingerprint density at radius 3 is 2.86 bits per heavy atom. The Hall–Kier alpha value is -1.43. The predicted molar refractivity (Wildman–Crippen MR) is 45.7 cm³/mol. The van der Waals surface area contributed by atoms with Gasteiger partial charge in [-0.05, 0) is 25.3 Å². The molecule has 2 aliphatic heterocycles. The van der Waals surface area contributed by atoms with Gasteiger partial charge in [-0.3, -0.25) is 0 Å². The fourth-order valence-electron chi connectivity index (χ4n) is 2.54. The molecule has 1 aliphatic carbocycles. The molecular weight excluding hydrogens is 184 g/mol. The molecule has 3 heterocycles. The van der Waals surface area contributed by atoms with Crippen LogP contribution in [0.3, 0.4) is 0 Å². The van der Waals surface area contributed by atoms with E-state index in [0.29, 0.717) is 11.6 Å². The third kappa shape index (κ3) is 0.810. The molecule has 1 aromatic heterocycles.